The zero-order valence-corrected chi connectivity index (χ0v) is 11.7. The molecule has 0 aliphatic rings. The summed E-state index contributed by atoms with van der Waals surface area (Å²) in [5.74, 6) is -0.443. The zero-order chi connectivity index (χ0) is 14.5. The van der Waals surface area contributed by atoms with E-state index in [4.69, 9.17) is 4.74 Å². The van der Waals surface area contributed by atoms with E-state index >= 15 is 0 Å². The summed E-state index contributed by atoms with van der Waals surface area (Å²) in [5, 5.41) is 0. The quantitative estimate of drug-likeness (QED) is 0.742. The van der Waals surface area contributed by atoms with E-state index in [9.17, 15) is 8.78 Å². The molecule has 0 aliphatic heterocycles. The van der Waals surface area contributed by atoms with Crippen LogP contribution in [0.3, 0.4) is 0 Å². The van der Waals surface area contributed by atoms with Crippen molar-refractivity contribution in [2.45, 2.75) is 32.8 Å². The van der Waals surface area contributed by atoms with Crippen LogP contribution in [-0.4, -0.2) is 0 Å². The zero-order valence-electron chi connectivity index (χ0n) is 11.7. The number of halogens is 2. The molecule has 2 aromatic rings. The van der Waals surface area contributed by atoms with Crippen LogP contribution in [0.5, 0.6) is 5.75 Å². The van der Waals surface area contributed by atoms with Crippen molar-refractivity contribution < 1.29 is 13.5 Å². The van der Waals surface area contributed by atoms with Crippen molar-refractivity contribution in [3.63, 3.8) is 0 Å². The smallest absolute Gasteiger partial charge is 0.159 e. The first kappa shape index (κ1) is 14.5. The molecule has 0 saturated carbocycles. The third-order valence-electron chi connectivity index (χ3n) is 3.45. The molecule has 0 aromatic heterocycles. The highest BCUT2D eigenvalue weighted by Gasteiger charge is 2.05. The lowest BCUT2D eigenvalue weighted by atomic mass is 9.99. The summed E-state index contributed by atoms with van der Waals surface area (Å²) >= 11 is 0. The van der Waals surface area contributed by atoms with Crippen molar-refractivity contribution in [1.29, 1.82) is 0 Å². The first-order valence-corrected chi connectivity index (χ1v) is 6.77. The van der Waals surface area contributed by atoms with Crippen molar-refractivity contribution in [1.82, 2.24) is 0 Å². The summed E-state index contributed by atoms with van der Waals surface area (Å²) in [7, 11) is 0. The normalized spacial score (nSPS) is 12.2. The van der Waals surface area contributed by atoms with Gasteiger partial charge in [0.1, 0.15) is 12.4 Å². The van der Waals surface area contributed by atoms with Gasteiger partial charge in [-0.2, -0.15) is 0 Å². The molecule has 1 unspecified atom stereocenters. The van der Waals surface area contributed by atoms with E-state index in [1.165, 1.54) is 11.6 Å². The van der Waals surface area contributed by atoms with Crippen LogP contribution in [0.25, 0.3) is 0 Å². The Morgan fingerprint density at radius 3 is 2.30 bits per heavy atom. The minimum absolute atomic E-state index is 0.222. The van der Waals surface area contributed by atoms with Gasteiger partial charge >= 0.3 is 0 Å². The van der Waals surface area contributed by atoms with Gasteiger partial charge in [0.15, 0.2) is 11.6 Å². The minimum Gasteiger partial charge on any atom is -0.489 e. The predicted octanol–water partition coefficient (Wildman–Crippen LogP) is 5.06. The topological polar surface area (TPSA) is 9.23 Å². The van der Waals surface area contributed by atoms with Crippen molar-refractivity contribution in [3.8, 4) is 5.75 Å². The molecule has 0 radical (unpaired) electrons. The summed E-state index contributed by atoms with van der Waals surface area (Å²) in [4.78, 5) is 0. The van der Waals surface area contributed by atoms with Gasteiger partial charge in [0, 0.05) is 0 Å². The Balaban J connectivity index is 1.98. The SMILES string of the molecule is CCC(C)c1ccc(OCc2ccc(F)c(F)c2)cc1. The maximum Gasteiger partial charge on any atom is 0.159 e. The maximum atomic E-state index is 13.1. The Labute approximate surface area is 118 Å². The monoisotopic (exact) mass is 276 g/mol. The molecule has 106 valence electrons. The average molecular weight is 276 g/mol. The van der Waals surface area contributed by atoms with Crippen LogP contribution in [-0.2, 0) is 6.61 Å². The molecular formula is C17H18F2O. The second-order valence-electron chi connectivity index (χ2n) is 4.92. The maximum absolute atomic E-state index is 13.1. The summed E-state index contributed by atoms with van der Waals surface area (Å²) in [6.45, 7) is 4.55. The molecular weight excluding hydrogens is 258 g/mol. The minimum atomic E-state index is -0.849. The Bertz CT molecular complexity index is 564. The Morgan fingerprint density at radius 1 is 1.00 bits per heavy atom. The molecule has 0 heterocycles. The summed E-state index contributed by atoms with van der Waals surface area (Å²) < 4.78 is 31.4. The van der Waals surface area contributed by atoms with Gasteiger partial charge in [-0.3, -0.25) is 0 Å². The molecule has 0 aliphatic carbocycles. The van der Waals surface area contributed by atoms with E-state index in [-0.39, 0.29) is 6.61 Å². The first-order valence-electron chi connectivity index (χ1n) is 6.77. The van der Waals surface area contributed by atoms with Crippen LogP contribution < -0.4 is 4.74 Å². The van der Waals surface area contributed by atoms with Gasteiger partial charge in [-0.1, -0.05) is 32.0 Å². The highest BCUT2D eigenvalue weighted by Crippen LogP contribution is 2.22. The van der Waals surface area contributed by atoms with E-state index in [2.05, 4.69) is 13.8 Å². The number of hydrogen-bond donors (Lipinski definition) is 0. The van der Waals surface area contributed by atoms with Gasteiger partial charge in [0.25, 0.3) is 0 Å². The summed E-state index contributed by atoms with van der Waals surface area (Å²) in [6, 6.07) is 11.7. The number of rotatable bonds is 5. The first-order chi connectivity index (χ1) is 9.60. The van der Waals surface area contributed by atoms with Crippen molar-refractivity contribution in [3.05, 3.63) is 65.2 Å². The lowest BCUT2D eigenvalue weighted by Crippen LogP contribution is -1.98. The molecule has 2 aromatic carbocycles. The van der Waals surface area contributed by atoms with E-state index < -0.39 is 11.6 Å². The van der Waals surface area contributed by atoms with Crippen molar-refractivity contribution >= 4 is 0 Å². The van der Waals surface area contributed by atoms with Crippen LogP contribution in [0.4, 0.5) is 8.78 Å². The van der Waals surface area contributed by atoms with Gasteiger partial charge in [0.05, 0.1) is 0 Å². The van der Waals surface area contributed by atoms with Gasteiger partial charge in [0.2, 0.25) is 0 Å². The van der Waals surface area contributed by atoms with E-state index in [0.29, 0.717) is 11.5 Å². The van der Waals surface area contributed by atoms with Crippen LogP contribution >= 0.6 is 0 Å². The van der Waals surface area contributed by atoms with Crippen LogP contribution in [0, 0.1) is 11.6 Å². The molecule has 0 saturated heterocycles. The van der Waals surface area contributed by atoms with Gasteiger partial charge < -0.3 is 4.74 Å². The van der Waals surface area contributed by atoms with Crippen LogP contribution in [0.2, 0.25) is 0 Å². The molecule has 0 spiro atoms. The third kappa shape index (κ3) is 3.56. The second-order valence-corrected chi connectivity index (χ2v) is 4.92. The van der Waals surface area contributed by atoms with E-state index in [0.717, 1.165) is 24.3 Å². The van der Waals surface area contributed by atoms with Crippen LogP contribution in [0.1, 0.15) is 37.3 Å². The number of ether oxygens (including phenoxy) is 1. The molecule has 1 nitrogen and oxygen atoms in total. The van der Waals surface area contributed by atoms with Gasteiger partial charge in [-0.25, -0.2) is 8.78 Å². The standard InChI is InChI=1S/C17H18F2O/c1-3-12(2)14-5-7-15(8-6-14)20-11-13-4-9-16(18)17(19)10-13/h4-10,12H,3,11H2,1-2H3. The van der Waals surface area contributed by atoms with Crippen molar-refractivity contribution in [2.24, 2.45) is 0 Å². The summed E-state index contributed by atoms with van der Waals surface area (Å²) in [6.07, 6.45) is 1.09. The van der Waals surface area contributed by atoms with E-state index in [1.807, 2.05) is 24.3 Å². The fourth-order valence-electron chi connectivity index (χ4n) is 1.92. The molecule has 0 fully saturated rings. The largest absolute Gasteiger partial charge is 0.489 e. The Hall–Kier alpha value is -1.90. The molecule has 0 amide bonds. The Kier molecular flexibility index (Phi) is 4.72. The average Bonchev–Trinajstić information content (AvgIpc) is 2.48. The molecule has 20 heavy (non-hydrogen) atoms. The fourth-order valence-corrected chi connectivity index (χ4v) is 1.92. The van der Waals surface area contributed by atoms with Gasteiger partial charge in [-0.15, -0.1) is 0 Å². The highest BCUT2D eigenvalue weighted by molar-refractivity contribution is 5.29. The molecule has 0 bridgehead atoms. The fraction of sp³-hybridized carbons (Fsp3) is 0.294. The molecule has 2 rings (SSSR count). The van der Waals surface area contributed by atoms with Crippen molar-refractivity contribution in [2.75, 3.05) is 0 Å². The lowest BCUT2D eigenvalue weighted by molar-refractivity contribution is 0.305. The van der Waals surface area contributed by atoms with Crippen LogP contribution in [0.15, 0.2) is 42.5 Å². The Morgan fingerprint density at radius 2 is 1.70 bits per heavy atom. The third-order valence-corrected chi connectivity index (χ3v) is 3.45. The molecule has 0 N–H and O–H groups in total. The highest BCUT2D eigenvalue weighted by atomic mass is 19.2. The summed E-state index contributed by atoms with van der Waals surface area (Å²) in [5.41, 5.74) is 1.88. The number of hydrogen-bond acceptors (Lipinski definition) is 1. The lowest BCUT2D eigenvalue weighted by Gasteiger charge is -2.11. The molecule has 1 atom stereocenters. The van der Waals surface area contributed by atoms with E-state index in [1.54, 1.807) is 0 Å². The molecule has 3 heteroatoms. The number of benzene rings is 2. The predicted molar refractivity (Wildman–Crippen MR) is 75.8 cm³/mol. The second kappa shape index (κ2) is 6.51. The van der Waals surface area contributed by atoms with Gasteiger partial charge in [-0.05, 0) is 47.7 Å².